The Bertz CT molecular complexity index is 552. The maximum absolute atomic E-state index is 11.5. The monoisotopic (exact) mass is 252 g/mol. The van der Waals surface area contributed by atoms with Crippen LogP contribution in [0.25, 0.3) is 0 Å². The minimum atomic E-state index is -0.566. The van der Waals surface area contributed by atoms with Crippen LogP contribution in [-0.4, -0.2) is 32.3 Å². The van der Waals surface area contributed by atoms with Crippen molar-refractivity contribution in [1.29, 1.82) is 0 Å². The van der Waals surface area contributed by atoms with Crippen molar-refractivity contribution in [2.75, 3.05) is 11.6 Å². The van der Waals surface area contributed by atoms with Crippen LogP contribution in [0, 0.1) is 0 Å². The van der Waals surface area contributed by atoms with Crippen LogP contribution in [-0.2, 0) is 6.42 Å². The molecule has 2 rings (SSSR count). The van der Waals surface area contributed by atoms with E-state index in [4.69, 9.17) is 10.3 Å². The number of hydrazine groups is 1. The first-order valence-electron chi connectivity index (χ1n) is 5.22. The average molecular weight is 252 g/mol. The van der Waals surface area contributed by atoms with Crippen LogP contribution >= 0.6 is 0 Å². The fourth-order valence-electron chi connectivity index (χ4n) is 1.42. The van der Waals surface area contributed by atoms with Crippen LogP contribution in [0.2, 0.25) is 0 Å². The highest BCUT2D eigenvalue weighted by Crippen LogP contribution is 2.10. The fraction of sp³-hybridized carbons (Fsp3) is 0.333. The highest BCUT2D eigenvalue weighted by Gasteiger charge is 2.10. The van der Waals surface area contributed by atoms with Crippen molar-refractivity contribution in [3.05, 3.63) is 28.6 Å². The molecule has 18 heavy (non-hydrogen) atoms. The lowest BCUT2D eigenvalue weighted by atomic mass is 10.3. The fourth-order valence-corrected chi connectivity index (χ4v) is 1.42. The number of nitrogens with two attached hydrogens (primary N) is 1. The first-order chi connectivity index (χ1) is 8.68. The molecule has 96 valence electrons. The van der Waals surface area contributed by atoms with E-state index < -0.39 is 11.2 Å². The molecule has 0 fully saturated rings. The summed E-state index contributed by atoms with van der Waals surface area (Å²) in [5.41, 5.74) is -0.466. The van der Waals surface area contributed by atoms with Gasteiger partial charge in [-0.25, -0.2) is 5.84 Å². The number of aromatic nitrogens is 4. The molecule has 0 atom stereocenters. The van der Waals surface area contributed by atoms with Crippen molar-refractivity contribution in [3.8, 4) is 5.75 Å². The maximum atomic E-state index is 11.5. The molecule has 9 heteroatoms. The minimum absolute atomic E-state index is 0.100. The van der Waals surface area contributed by atoms with Gasteiger partial charge >= 0.3 is 0 Å². The highest BCUT2D eigenvalue weighted by atomic mass is 16.3. The number of rotatable bonds is 5. The van der Waals surface area contributed by atoms with Gasteiger partial charge in [0.25, 0.3) is 5.43 Å². The van der Waals surface area contributed by atoms with Crippen molar-refractivity contribution in [3.63, 3.8) is 0 Å². The summed E-state index contributed by atoms with van der Waals surface area (Å²) < 4.78 is 4.78. The smallest absolute Gasteiger partial charge is 0.251 e. The third-order valence-corrected chi connectivity index (χ3v) is 2.32. The number of nitrogens with one attached hydrogen (secondary N) is 1. The van der Waals surface area contributed by atoms with Gasteiger partial charge in [0, 0.05) is 13.0 Å². The average Bonchev–Trinajstić information content (AvgIpc) is 2.85. The predicted molar refractivity (Wildman–Crippen MR) is 60.7 cm³/mol. The van der Waals surface area contributed by atoms with Gasteiger partial charge < -0.3 is 14.5 Å². The Morgan fingerprint density at radius 3 is 3.06 bits per heavy atom. The lowest BCUT2D eigenvalue weighted by molar-refractivity contribution is 0.429. The molecule has 4 N–H and O–H groups in total. The third-order valence-electron chi connectivity index (χ3n) is 2.32. The number of tetrazole rings is 1. The second kappa shape index (κ2) is 5.27. The molecule has 0 saturated heterocycles. The molecule has 0 aliphatic heterocycles. The van der Waals surface area contributed by atoms with Crippen LogP contribution in [0.1, 0.15) is 12.2 Å². The summed E-state index contributed by atoms with van der Waals surface area (Å²) in [4.78, 5) is 11.5. The molecule has 0 aromatic carbocycles. The number of hydrogen-bond acceptors (Lipinski definition) is 8. The Labute approximate surface area is 101 Å². The van der Waals surface area contributed by atoms with Crippen LogP contribution < -0.4 is 16.3 Å². The van der Waals surface area contributed by atoms with Crippen molar-refractivity contribution >= 4 is 5.69 Å². The normalized spacial score (nSPS) is 10.5. The Kier molecular flexibility index (Phi) is 3.53. The van der Waals surface area contributed by atoms with Gasteiger partial charge in [0.15, 0.2) is 5.82 Å². The molecule has 0 amide bonds. The molecule has 0 radical (unpaired) electrons. The van der Waals surface area contributed by atoms with Crippen molar-refractivity contribution < 1.29 is 9.52 Å². The number of H-pyrrole nitrogens is 1. The van der Waals surface area contributed by atoms with E-state index in [2.05, 4.69) is 20.6 Å². The lowest BCUT2D eigenvalue weighted by Gasteiger charge is -2.16. The summed E-state index contributed by atoms with van der Waals surface area (Å²) >= 11 is 0. The minimum Gasteiger partial charge on any atom is -0.502 e. The predicted octanol–water partition coefficient (Wildman–Crippen LogP) is -0.829. The lowest BCUT2D eigenvalue weighted by Crippen LogP contribution is -2.35. The Morgan fingerprint density at radius 1 is 1.50 bits per heavy atom. The van der Waals surface area contributed by atoms with Gasteiger partial charge in [-0.3, -0.25) is 4.79 Å². The zero-order valence-corrected chi connectivity index (χ0v) is 9.41. The van der Waals surface area contributed by atoms with Crippen LogP contribution in [0.15, 0.2) is 21.7 Å². The quantitative estimate of drug-likeness (QED) is 0.463. The van der Waals surface area contributed by atoms with Gasteiger partial charge in [0.2, 0.25) is 5.75 Å². The van der Waals surface area contributed by atoms with Gasteiger partial charge in [-0.05, 0) is 6.42 Å². The van der Waals surface area contributed by atoms with Crippen molar-refractivity contribution in [2.24, 2.45) is 5.84 Å². The largest absolute Gasteiger partial charge is 0.502 e. The summed E-state index contributed by atoms with van der Waals surface area (Å²) in [5, 5.41) is 23.8. The maximum Gasteiger partial charge on any atom is 0.251 e. The number of aryl methyl sites for hydroxylation is 1. The summed E-state index contributed by atoms with van der Waals surface area (Å²) in [6.07, 6.45) is 3.36. The highest BCUT2D eigenvalue weighted by molar-refractivity contribution is 5.44. The first kappa shape index (κ1) is 12.0. The standard InChI is InChI=1S/C9H12N6O3/c10-15(3-1-2-8-11-13-14-12-8)6-4-18-5-7(16)9(6)17/h4-5,16H,1-3,10H2,(H,11,12,13,14). The molecule has 0 spiro atoms. The first-order valence-corrected chi connectivity index (χ1v) is 5.22. The Balaban J connectivity index is 1.93. The molecule has 9 nitrogen and oxygen atoms in total. The number of aromatic amines is 1. The number of hydrogen-bond donors (Lipinski definition) is 3. The van der Waals surface area contributed by atoms with E-state index in [1.54, 1.807) is 0 Å². The second-order valence-electron chi connectivity index (χ2n) is 3.60. The van der Waals surface area contributed by atoms with E-state index >= 15 is 0 Å². The van der Waals surface area contributed by atoms with E-state index in [0.29, 0.717) is 25.2 Å². The summed E-state index contributed by atoms with van der Waals surface area (Å²) in [7, 11) is 0. The summed E-state index contributed by atoms with van der Waals surface area (Å²) in [6, 6.07) is 0. The zero-order valence-electron chi connectivity index (χ0n) is 9.41. The van der Waals surface area contributed by atoms with E-state index in [1.807, 2.05) is 0 Å². The van der Waals surface area contributed by atoms with Gasteiger partial charge in [-0.15, -0.1) is 10.2 Å². The van der Waals surface area contributed by atoms with E-state index in [0.717, 1.165) is 6.26 Å². The summed E-state index contributed by atoms with van der Waals surface area (Å²) in [6.45, 7) is 0.392. The molecule has 2 aromatic rings. The van der Waals surface area contributed by atoms with Crippen LogP contribution in [0.5, 0.6) is 5.75 Å². The van der Waals surface area contributed by atoms with E-state index in [-0.39, 0.29) is 5.69 Å². The molecule has 2 heterocycles. The SMILES string of the molecule is NN(CCCc1nn[nH]n1)c1cocc(O)c1=O. The molecule has 0 aliphatic carbocycles. The van der Waals surface area contributed by atoms with Crippen molar-refractivity contribution in [1.82, 2.24) is 20.6 Å². The molecule has 0 saturated carbocycles. The van der Waals surface area contributed by atoms with Crippen LogP contribution in [0.3, 0.4) is 0 Å². The molecule has 0 bridgehead atoms. The van der Waals surface area contributed by atoms with E-state index in [9.17, 15) is 9.90 Å². The van der Waals surface area contributed by atoms with Gasteiger partial charge in [-0.1, -0.05) is 5.21 Å². The van der Waals surface area contributed by atoms with Gasteiger partial charge in [0.1, 0.15) is 18.2 Å². The van der Waals surface area contributed by atoms with Gasteiger partial charge in [0.05, 0.1) is 0 Å². The summed E-state index contributed by atoms with van der Waals surface area (Å²) in [5.74, 6) is 5.81. The van der Waals surface area contributed by atoms with Crippen molar-refractivity contribution in [2.45, 2.75) is 12.8 Å². The Morgan fingerprint density at radius 2 is 2.33 bits per heavy atom. The topological polar surface area (TPSA) is 134 Å². The number of anilines is 1. The Hall–Kier alpha value is -2.42. The third kappa shape index (κ3) is 2.63. The number of nitrogens with zero attached hydrogens (tertiary/aromatic N) is 4. The second-order valence-corrected chi connectivity index (χ2v) is 3.60. The zero-order chi connectivity index (χ0) is 13.0. The molecular weight excluding hydrogens is 240 g/mol. The number of aromatic hydroxyl groups is 1. The van der Waals surface area contributed by atoms with Crippen LogP contribution in [0.4, 0.5) is 5.69 Å². The molecule has 2 aromatic heterocycles. The van der Waals surface area contributed by atoms with Gasteiger partial charge in [-0.2, -0.15) is 5.21 Å². The molecule has 0 unspecified atom stereocenters. The molecule has 0 aliphatic rings. The van der Waals surface area contributed by atoms with E-state index in [1.165, 1.54) is 11.3 Å². The molecular formula is C9H12N6O3.